The lowest BCUT2D eigenvalue weighted by molar-refractivity contribution is 0.531. The summed E-state index contributed by atoms with van der Waals surface area (Å²) >= 11 is 5.04. The van der Waals surface area contributed by atoms with Crippen LogP contribution in [0.25, 0.3) is 0 Å². The molecule has 1 fully saturated rings. The topological polar surface area (TPSA) is 12.0 Å². The van der Waals surface area contributed by atoms with E-state index >= 15 is 0 Å². The van der Waals surface area contributed by atoms with Gasteiger partial charge in [0, 0.05) is 12.0 Å². The fraction of sp³-hybridized carbons (Fsp3) is 0.857. The SMILES string of the molecule is C.CC1(C)CCNC1=S. The van der Waals surface area contributed by atoms with E-state index in [0.29, 0.717) is 0 Å². The lowest BCUT2D eigenvalue weighted by Crippen LogP contribution is -2.22. The average Bonchev–Trinajstić information content (AvgIpc) is 1.86. The Bertz CT molecular complexity index is 118. The zero-order valence-corrected chi connectivity index (χ0v) is 6.14. The normalized spacial score (nSPS) is 22.7. The average molecular weight is 145 g/mol. The van der Waals surface area contributed by atoms with Gasteiger partial charge in [0.2, 0.25) is 0 Å². The minimum atomic E-state index is 0. The Hall–Kier alpha value is -0.110. The van der Waals surface area contributed by atoms with Crippen molar-refractivity contribution >= 4 is 17.2 Å². The Kier molecular flexibility index (Phi) is 2.62. The van der Waals surface area contributed by atoms with Gasteiger partial charge in [-0.2, -0.15) is 0 Å². The number of nitrogens with one attached hydrogen (secondary N) is 1. The largest absolute Gasteiger partial charge is 0.379 e. The van der Waals surface area contributed by atoms with Crippen LogP contribution in [-0.2, 0) is 0 Å². The summed E-state index contributed by atoms with van der Waals surface area (Å²) in [5, 5.41) is 3.14. The van der Waals surface area contributed by atoms with Gasteiger partial charge in [-0.3, -0.25) is 0 Å². The van der Waals surface area contributed by atoms with Crippen molar-refractivity contribution in [2.75, 3.05) is 6.54 Å². The molecule has 1 aliphatic rings. The van der Waals surface area contributed by atoms with Crippen LogP contribution in [0.4, 0.5) is 0 Å². The summed E-state index contributed by atoms with van der Waals surface area (Å²) < 4.78 is 0. The van der Waals surface area contributed by atoms with Gasteiger partial charge in [0.25, 0.3) is 0 Å². The molecule has 1 heterocycles. The Morgan fingerprint density at radius 3 is 2.22 bits per heavy atom. The summed E-state index contributed by atoms with van der Waals surface area (Å²) in [6.07, 6.45) is 1.19. The molecule has 0 aromatic heterocycles. The Balaban J connectivity index is 0.000000640. The predicted molar refractivity (Wildman–Crippen MR) is 45.7 cm³/mol. The van der Waals surface area contributed by atoms with Gasteiger partial charge in [-0.05, 0) is 6.42 Å². The van der Waals surface area contributed by atoms with E-state index in [4.69, 9.17) is 12.2 Å². The molecular weight excluding hydrogens is 130 g/mol. The first kappa shape index (κ1) is 8.89. The molecule has 1 aliphatic heterocycles. The molecule has 1 saturated heterocycles. The zero-order valence-electron chi connectivity index (χ0n) is 5.32. The number of hydrogen-bond acceptors (Lipinski definition) is 1. The highest BCUT2D eigenvalue weighted by Crippen LogP contribution is 2.25. The fourth-order valence-corrected chi connectivity index (χ4v) is 1.05. The fourth-order valence-electron chi connectivity index (χ4n) is 0.841. The van der Waals surface area contributed by atoms with Gasteiger partial charge in [0.15, 0.2) is 0 Å². The second kappa shape index (κ2) is 2.65. The molecule has 0 spiro atoms. The molecule has 1 N–H and O–H groups in total. The van der Waals surface area contributed by atoms with Crippen LogP contribution in [0.1, 0.15) is 27.7 Å². The zero-order chi connectivity index (χ0) is 6.20. The van der Waals surface area contributed by atoms with Gasteiger partial charge in [-0.15, -0.1) is 0 Å². The van der Waals surface area contributed by atoms with E-state index in [0.717, 1.165) is 11.5 Å². The number of thiocarbonyl (C=S) groups is 1. The summed E-state index contributed by atoms with van der Waals surface area (Å²) in [5.74, 6) is 0. The van der Waals surface area contributed by atoms with Crippen LogP contribution in [0.15, 0.2) is 0 Å². The van der Waals surface area contributed by atoms with E-state index < -0.39 is 0 Å². The van der Waals surface area contributed by atoms with Crippen molar-refractivity contribution in [1.29, 1.82) is 0 Å². The Morgan fingerprint density at radius 1 is 1.56 bits per heavy atom. The molecule has 0 aromatic rings. The highest BCUT2D eigenvalue weighted by Gasteiger charge is 2.27. The van der Waals surface area contributed by atoms with Crippen molar-refractivity contribution in [3.63, 3.8) is 0 Å². The van der Waals surface area contributed by atoms with Crippen molar-refractivity contribution in [3.8, 4) is 0 Å². The molecule has 0 atom stereocenters. The maximum atomic E-state index is 5.04. The van der Waals surface area contributed by atoms with E-state index in [1.807, 2.05) is 0 Å². The van der Waals surface area contributed by atoms with Crippen LogP contribution in [-0.4, -0.2) is 11.5 Å². The maximum absolute atomic E-state index is 5.04. The molecule has 0 amide bonds. The smallest absolute Gasteiger partial charge is 0.0811 e. The standard InChI is InChI=1S/C6H11NS.CH4/c1-6(2)3-4-7-5(6)8;/h3-4H2,1-2H3,(H,7,8);1H4. The first-order valence-electron chi connectivity index (χ1n) is 2.91. The first-order chi connectivity index (χ1) is 3.63. The van der Waals surface area contributed by atoms with Crippen LogP contribution in [0.5, 0.6) is 0 Å². The molecule has 9 heavy (non-hydrogen) atoms. The van der Waals surface area contributed by atoms with E-state index in [2.05, 4.69) is 19.2 Å². The molecule has 0 aliphatic carbocycles. The predicted octanol–water partition coefficient (Wildman–Crippen LogP) is 1.97. The summed E-state index contributed by atoms with van der Waals surface area (Å²) in [6, 6.07) is 0. The van der Waals surface area contributed by atoms with E-state index in [9.17, 15) is 0 Å². The summed E-state index contributed by atoms with van der Waals surface area (Å²) in [6.45, 7) is 5.41. The lowest BCUT2D eigenvalue weighted by atomic mass is 9.93. The van der Waals surface area contributed by atoms with E-state index in [1.54, 1.807) is 0 Å². The number of rotatable bonds is 0. The van der Waals surface area contributed by atoms with E-state index in [1.165, 1.54) is 6.42 Å². The van der Waals surface area contributed by atoms with Crippen molar-refractivity contribution in [1.82, 2.24) is 5.32 Å². The minimum Gasteiger partial charge on any atom is -0.379 e. The van der Waals surface area contributed by atoms with Crippen molar-refractivity contribution in [2.45, 2.75) is 27.7 Å². The van der Waals surface area contributed by atoms with Crippen LogP contribution in [0.3, 0.4) is 0 Å². The third-order valence-corrected chi connectivity index (χ3v) is 2.35. The van der Waals surface area contributed by atoms with Crippen molar-refractivity contribution in [3.05, 3.63) is 0 Å². The molecule has 2 heteroatoms. The van der Waals surface area contributed by atoms with Gasteiger partial charge in [-0.25, -0.2) is 0 Å². The van der Waals surface area contributed by atoms with Crippen LogP contribution in [0, 0.1) is 5.41 Å². The van der Waals surface area contributed by atoms with E-state index in [-0.39, 0.29) is 12.8 Å². The highest BCUT2D eigenvalue weighted by atomic mass is 32.1. The molecule has 0 radical (unpaired) electrons. The number of hydrogen-bond donors (Lipinski definition) is 1. The van der Waals surface area contributed by atoms with Crippen molar-refractivity contribution < 1.29 is 0 Å². The highest BCUT2D eigenvalue weighted by molar-refractivity contribution is 7.80. The molecule has 0 bridgehead atoms. The van der Waals surface area contributed by atoms with Crippen LogP contribution >= 0.6 is 12.2 Å². The summed E-state index contributed by atoms with van der Waals surface area (Å²) in [5.41, 5.74) is 0.273. The third-order valence-electron chi connectivity index (χ3n) is 1.65. The monoisotopic (exact) mass is 145 g/mol. The van der Waals surface area contributed by atoms with Gasteiger partial charge < -0.3 is 5.32 Å². The van der Waals surface area contributed by atoms with Gasteiger partial charge in [0.1, 0.15) is 0 Å². The molecule has 0 saturated carbocycles. The summed E-state index contributed by atoms with van der Waals surface area (Å²) in [4.78, 5) is 1.03. The molecular formula is C7H15NS. The summed E-state index contributed by atoms with van der Waals surface area (Å²) in [7, 11) is 0. The van der Waals surface area contributed by atoms with Gasteiger partial charge in [-0.1, -0.05) is 33.5 Å². The quantitative estimate of drug-likeness (QED) is 0.523. The van der Waals surface area contributed by atoms with Crippen LogP contribution < -0.4 is 5.32 Å². The minimum absolute atomic E-state index is 0. The van der Waals surface area contributed by atoms with Gasteiger partial charge in [0.05, 0.1) is 4.99 Å². The molecule has 0 unspecified atom stereocenters. The Morgan fingerprint density at radius 2 is 2.11 bits per heavy atom. The molecule has 0 aromatic carbocycles. The van der Waals surface area contributed by atoms with Gasteiger partial charge >= 0.3 is 0 Å². The second-order valence-corrected chi connectivity index (χ2v) is 3.30. The molecule has 1 rings (SSSR count). The maximum Gasteiger partial charge on any atom is 0.0811 e. The third kappa shape index (κ3) is 1.65. The van der Waals surface area contributed by atoms with Crippen LogP contribution in [0.2, 0.25) is 0 Å². The Labute approximate surface area is 62.8 Å². The van der Waals surface area contributed by atoms with Crippen molar-refractivity contribution in [2.24, 2.45) is 5.41 Å². The molecule has 1 nitrogen and oxygen atoms in total. The lowest BCUT2D eigenvalue weighted by Gasteiger charge is -2.13. The first-order valence-corrected chi connectivity index (χ1v) is 3.32. The molecule has 54 valence electrons. The second-order valence-electron chi connectivity index (χ2n) is 2.89.